The van der Waals surface area contributed by atoms with Crippen LogP contribution in [0.25, 0.3) is 0 Å². The number of nitrogens with zero attached hydrogens (tertiary/aromatic N) is 1. The molecule has 0 aliphatic heterocycles. The maximum atomic E-state index is 5.48. The normalized spacial score (nSPS) is 26.0. The fraction of sp³-hybridized carbons (Fsp3) is 0.917. The third-order valence-corrected chi connectivity index (χ3v) is 3.43. The Balaban J connectivity index is 1.65. The van der Waals surface area contributed by atoms with Crippen LogP contribution < -0.4 is 0 Å². The van der Waals surface area contributed by atoms with Crippen molar-refractivity contribution in [3.8, 4) is 0 Å². The molecule has 2 fully saturated rings. The average Bonchev–Trinajstić information content (AvgIpc) is 2.72. The molecule has 0 aromatic rings. The van der Waals surface area contributed by atoms with Gasteiger partial charge in [0.25, 0.3) is 0 Å². The highest BCUT2D eigenvalue weighted by Crippen LogP contribution is 2.23. The highest BCUT2D eigenvalue weighted by Gasteiger charge is 2.16. The molecule has 2 aliphatic carbocycles. The molecular weight excluding hydrogens is 174 g/mol. The monoisotopic (exact) mass is 195 g/mol. The van der Waals surface area contributed by atoms with Crippen LogP contribution in [0.1, 0.15) is 57.8 Å². The van der Waals surface area contributed by atoms with E-state index in [4.69, 9.17) is 4.84 Å². The van der Waals surface area contributed by atoms with Gasteiger partial charge in [-0.15, -0.1) is 0 Å². The lowest BCUT2D eigenvalue weighted by Gasteiger charge is -2.17. The van der Waals surface area contributed by atoms with Crippen LogP contribution in [0.4, 0.5) is 0 Å². The van der Waals surface area contributed by atoms with Gasteiger partial charge in [0.2, 0.25) is 0 Å². The number of hydrogen-bond acceptors (Lipinski definition) is 2. The quantitative estimate of drug-likeness (QED) is 0.499. The lowest BCUT2D eigenvalue weighted by molar-refractivity contribution is 0.0643. The molecule has 0 aromatic heterocycles. The molecule has 2 saturated carbocycles. The molecule has 0 radical (unpaired) electrons. The average molecular weight is 195 g/mol. The Hall–Kier alpha value is -0.530. The highest BCUT2D eigenvalue weighted by molar-refractivity contribution is 5.59. The Kier molecular flexibility index (Phi) is 3.84. The molecule has 0 saturated heterocycles. The number of hydrogen-bond donors (Lipinski definition) is 0. The Labute approximate surface area is 86.7 Å². The van der Waals surface area contributed by atoms with Crippen LogP contribution in [0, 0.1) is 5.92 Å². The minimum Gasteiger partial charge on any atom is -0.393 e. The molecule has 80 valence electrons. The summed E-state index contributed by atoms with van der Waals surface area (Å²) in [4.78, 5) is 5.48. The van der Waals surface area contributed by atoms with Crippen molar-refractivity contribution in [2.24, 2.45) is 11.1 Å². The van der Waals surface area contributed by atoms with Crippen molar-refractivity contribution in [2.45, 2.75) is 63.9 Å². The third kappa shape index (κ3) is 3.00. The van der Waals surface area contributed by atoms with E-state index < -0.39 is 0 Å². The van der Waals surface area contributed by atoms with E-state index in [1.54, 1.807) is 0 Å². The molecule has 2 rings (SSSR count). The van der Waals surface area contributed by atoms with Crippen LogP contribution in [-0.4, -0.2) is 12.3 Å². The van der Waals surface area contributed by atoms with Crippen molar-refractivity contribution in [2.75, 3.05) is 0 Å². The van der Waals surface area contributed by atoms with Crippen molar-refractivity contribution < 1.29 is 4.84 Å². The zero-order valence-electron chi connectivity index (χ0n) is 8.95. The summed E-state index contributed by atoms with van der Waals surface area (Å²) in [7, 11) is 0. The second kappa shape index (κ2) is 5.38. The number of oxime groups is 1. The summed E-state index contributed by atoms with van der Waals surface area (Å²) in [5.41, 5.74) is 0. The molecule has 2 nitrogen and oxygen atoms in total. The van der Waals surface area contributed by atoms with Gasteiger partial charge < -0.3 is 4.84 Å². The highest BCUT2D eigenvalue weighted by atomic mass is 16.6. The van der Waals surface area contributed by atoms with E-state index in [1.807, 2.05) is 0 Å². The van der Waals surface area contributed by atoms with Gasteiger partial charge in [0.05, 0.1) is 0 Å². The SMILES string of the molecule is C(=NOC1CCCC1)C1CCCCC1. The molecule has 0 bridgehead atoms. The van der Waals surface area contributed by atoms with Crippen LogP contribution in [0.2, 0.25) is 0 Å². The van der Waals surface area contributed by atoms with E-state index in [9.17, 15) is 0 Å². The van der Waals surface area contributed by atoms with Crippen molar-refractivity contribution in [3.05, 3.63) is 0 Å². The third-order valence-electron chi connectivity index (χ3n) is 3.43. The van der Waals surface area contributed by atoms with E-state index in [0.29, 0.717) is 12.0 Å². The van der Waals surface area contributed by atoms with Gasteiger partial charge in [-0.05, 0) is 44.4 Å². The predicted octanol–water partition coefficient (Wildman–Crippen LogP) is 3.51. The van der Waals surface area contributed by atoms with Crippen LogP contribution in [0.5, 0.6) is 0 Å². The minimum atomic E-state index is 0.426. The standard InChI is InChI=1S/C12H21NO/c1-2-6-11(7-3-1)10-13-14-12-8-4-5-9-12/h10-12H,1-9H2. The van der Waals surface area contributed by atoms with Crippen molar-refractivity contribution in [1.82, 2.24) is 0 Å². The van der Waals surface area contributed by atoms with E-state index in [0.717, 1.165) is 0 Å². The Morgan fingerprint density at radius 3 is 2.21 bits per heavy atom. The summed E-state index contributed by atoms with van der Waals surface area (Å²) < 4.78 is 0. The second-order valence-electron chi connectivity index (χ2n) is 4.66. The topological polar surface area (TPSA) is 21.6 Å². The minimum absolute atomic E-state index is 0.426. The lowest BCUT2D eigenvalue weighted by Crippen LogP contribution is -2.09. The number of rotatable bonds is 3. The zero-order valence-corrected chi connectivity index (χ0v) is 8.95. The first-order valence-corrected chi connectivity index (χ1v) is 6.14. The van der Waals surface area contributed by atoms with Gasteiger partial charge in [0.15, 0.2) is 0 Å². The van der Waals surface area contributed by atoms with E-state index >= 15 is 0 Å². The summed E-state index contributed by atoms with van der Waals surface area (Å²) >= 11 is 0. The van der Waals surface area contributed by atoms with E-state index in [1.165, 1.54) is 57.8 Å². The van der Waals surface area contributed by atoms with E-state index in [-0.39, 0.29) is 0 Å². The summed E-state index contributed by atoms with van der Waals surface area (Å²) in [6.45, 7) is 0. The van der Waals surface area contributed by atoms with Gasteiger partial charge >= 0.3 is 0 Å². The van der Waals surface area contributed by atoms with Gasteiger partial charge in [-0.3, -0.25) is 0 Å². The molecule has 2 heteroatoms. The first-order valence-electron chi connectivity index (χ1n) is 6.14. The van der Waals surface area contributed by atoms with Crippen LogP contribution in [0.3, 0.4) is 0 Å². The molecule has 0 spiro atoms. The van der Waals surface area contributed by atoms with Crippen LogP contribution in [-0.2, 0) is 4.84 Å². The Morgan fingerprint density at radius 1 is 0.857 bits per heavy atom. The first-order chi connectivity index (χ1) is 6.95. The molecule has 0 N–H and O–H groups in total. The van der Waals surface area contributed by atoms with Crippen molar-refractivity contribution >= 4 is 6.21 Å². The molecular formula is C12H21NO. The predicted molar refractivity (Wildman–Crippen MR) is 58.4 cm³/mol. The molecule has 2 aliphatic rings. The Bertz CT molecular complexity index is 179. The first kappa shape index (κ1) is 10.0. The maximum absolute atomic E-state index is 5.48. The molecule has 0 amide bonds. The van der Waals surface area contributed by atoms with Gasteiger partial charge in [0, 0.05) is 6.21 Å². The van der Waals surface area contributed by atoms with Gasteiger partial charge in [0.1, 0.15) is 6.10 Å². The molecule has 0 heterocycles. The molecule has 0 aromatic carbocycles. The summed E-state index contributed by atoms with van der Waals surface area (Å²) in [5.74, 6) is 0.699. The van der Waals surface area contributed by atoms with Gasteiger partial charge in [-0.1, -0.05) is 24.4 Å². The largest absolute Gasteiger partial charge is 0.393 e. The summed E-state index contributed by atoms with van der Waals surface area (Å²) in [6, 6.07) is 0. The van der Waals surface area contributed by atoms with Gasteiger partial charge in [-0.25, -0.2) is 0 Å². The van der Waals surface area contributed by atoms with E-state index in [2.05, 4.69) is 11.4 Å². The Morgan fingerprint density at radius 2 is 1.50 bits per heavy atom. The second-order valence-corrected chi connectivity index (χ2v) is 4.66. The van der Waals surface area contributed by atoms with Crippen molar-refractivity contribution in [1.29, 1.82) is 0 Å². The van der Waals surface area contributed by atoms with Crippen molar-refractivity contribution in [3.63, 3.8) is 0 Å². The smallest absolute Gasteiger partial charge is 0.127 e. The fourth-order valence-corrected chi connectivity index (χ4v) is 2.48. The lowest BCUT2D eigenvalue weighted by atomic mass is 9.90. The fourth-order valence-electron chi connectivity index (χ4n) is 2.48. The molecule has 0 atom stereocenters. The molecule has 14 heavy (non-hydrogen) atoms. The van der Waals surface area contributed by atoms with Crippen LogP contribution >= 0.6 is 0 Å². The van der Waals surface area contributed by atoms with Gasteiger partial charge in [-0.2, -0.15) is 0 Å². The summed E-state index contributed by atoms with van der Waals surface area (Å²) in [6.07, 6.45) is 14.3. The van der Waals surface area contributed by atoms with Crippen LogP contribution in [0.15, 0.2) is 5.16 Å². The summed E-state index contributed by atoms with van der Waals surface area (Å²) in [5, 5.41) is 4.15. The maximum Gasteiger partial charge on any atom is 0.127 e. The molecule has 0 unspecified atom stereocenters. The zero-order chi connectivity index (χ0) is 9.64.